The number of halogens is 3. The highest BCUT2D eigenvalue weighted by atomic mass is 28.3. The van der Waals surface area contributed by atoms with Crippen LogP contribution in [0.4, 0.5) is 13.2 Å². The zero-order valence-electron chi connectivity index (χ0n) is 22.4. The first-order valence-electron chi connectivity index (χ1n) is 13.3. The Hall–Kier alpha value is -3.05. The number of benzene rings is 1. The smallest absolute Gasteiger partial charge is 0.451 e. The van der Waals surface area contributed by atoms with Gasteiger partial charge in [0.25, 0.3) is 0 Å². The minimum atomic E-state index is -4.63. The molecule has 1 saturated carbocycles. The molecule has 3 aromatic rings. The molecule has 5 rings (SSSR count). The molecule has 0 spiro atoms. The minimum absolute atomic E-state index is 0.0283. The van der Waals surface area contributed by atoms with Gasteiger partial charge in [-0.15, -0.1) is 5.10 Å². The van der Waals surface area contributed by atoms with Crippen LogP contribution < -0.4 is 5.32 Å². The van der Waals surface area contributed by atoms with E-state index in [1.165, 1.54) is 12.7 Å². The highest BCUT2D eigenvalue weighted by Gasteiger charge is 2.40. The van der Waals surface area contributed by atoms with E-state index in [0.717, 1.165) is 53.0 Å². The van der Waals surface area contributed by atoms with Gasteiger partial charge in [0.1, 0.15) is 14.8 Å². The van der Waals surface area contributed by atoms with Crippen molar-refractivity contribution in [2.24, 2.45) is 5.92 Å². The molecule has 0 saturated heterocycles. The Bertz CT molecular complexity index is 1330. The molecule has 3 heterocycles. The summed E-state index contributed by atoms with van der Waals surface area (Å²) in [6.07, 6.45) is -0.0376. The molecule has 1 aliphatic heterocycles. The predicted molar refractivity (Wildman–Crippen MR) is 143 cm³/mol. The Morgan fingerprint density at radius 2 is 1.79 bits per heavy atom. The zero-order chi connectivity index (χ0) is 27.8. The maximum absolute atomic E-state index is 13.6. The fraction of sp³-hybridized carbons (Fsp3) is 0.500. The van der Waals surface area contributed by atoms with Gasteiger partial charge in [0, 0.05) is 29.5 Å². The normalized spacial score (nSPS) is 21.2. The molecular formula is C28H33F3N4O3Si. The summed E-state index contributed by atoms with van der Waals surface area (Å²) in [7, 11) is -0.763. The van der Waals surface area contributed by atoms with E-state index in [9.17, 15) is 18.0 Å². The number of nitrogens with zero attached hydrogens (tertiary/aromatic N) is 4. The summed E-state index contributed by atoms with van der Waals surface area (Å²) in [5, 5.41) is 4.94. The van der Waals surface area contributed by atoms with Crippen molar-refractivity contribution in [1.82, 2.24) is 19.7 Å². The number of hydrogen-bond acceptors (Lipinski definition) is 6. The molecule has 2 bridgehead atoms. The van der Waals surface area contributed by atoms with Crippen LogP contribution >= 0.6 is 0 Å². The average Bonchev–Trinajstić information content (AvgIpc) is 3.35. The number of esters is 1. The largest absolute Gasteiger partial charge is 0.469 e. The van der Waals surface area contributed by atoms with E-state index in [4.69, 9.17) is 14.5 Å². The van der Waals surface area contributed by atoms with Gasteiger partial charge in [0.15, 0.2) is 5.82 Å². The van der Waals surface area contributed by atoms with E-state index in [1.807, 2.05) is 12.1 Å². The van der Waals surface area contributed by atoms with Crippen molar-refractivity contribution in [2.45, 2.75) is 70.1 Å². The van der Waals surface area contributed by atoms with Gasteiger partial charge in [0.05, 0.1) is 12.8 Å². The van der Waals surface area contributed by atoms with Gasteiger partial charge in [0.2, 0.25) is 5.82 Å². The Labute approximate surface area is 226 Å². The van der Waals surface area contributed by atoms with Crippen LogP contribution in [0.15, 0.2) is 36.4 Å². The number of hydrogen-bond donors (Lipinski definition) is 0. The maximum atomic E-state index is 13.6. The third-order valence-corrected chi connectivity index (χ3v) is 11.1. The number of carbonyl (C=O) groups is 1. The van der Waals surface area contributed by atoms with Crippen LogP contribution in [0, 0.1) is 5.92 Å². The molecule has 1 aromatic carbocycles. The summed E-state index contributed by atoms with van der Waals surface area (Å²) in [4.78, 5) is 20.5. The van der Waals surface area contributed by atoms with E-state index in [-0.39, 0.29) is 18.5 Å². The minimum Gasteiger partial charge on any atom is -0.469 e. The van der Waals surface area contributed by atoms with Crippen LogP contribution in [0.5, 0.6) is 0 Å². The molecule has 2 aromatic heterocycles. The summed E-state index contributed by atoms with van der Waals surface area (Å²) in [5.41, 5.74) is 3.56. The monoisotopic (exact) mass is 558 g/mol. The van der Waals surface area contributed by atoms with Crippen LogP contribution in [0.1, 0.15) is 49.4 Å². The number of carbonyl (C=O) groups excluding carboxylic acids is 1. The van der Waals surface area contributed by atoms with E-state index < -0.39 is 20.1 Å². The van der Waals surface area contributed by atoms with E-state index in [1.54, 1.807) is 0 Å². The third kappa shape index (κ3) is 5.94. The molecule has 0 N–H and O–H groups in total. The number of fused-ring (bicyclic) bond motifs is 4. The second-order valence-corrected chi connectivity index (χ2v) is 15.9. The highest BCUT2D eigenvalue weighted by molar-refractivity contribution is 6.90. The van der Waals surface area contributed by atoms with E-state index in [2.05, 4.69) is 47.4 Å². The van der Waals surface area contributed by atoms with E-state index >= 15 is 0 Å². The maximum Gasteiger partial charge on any atom is 0.451 e. The molecule has 208 valence electrons. The Morgan fingerprint density at radius 3 is 2.46 bits per heavy atom. The molecule has 2 aliphatic rings. The molecule has 11 heteroatoms. The molecule has 1 fully saturated rings. The lowest BCUT2D eigenvalue weighted by Crippen LogP contribution is -2.46. The summed E-state index contributed by atoms with van der Waals surface area (Å²) in [5.74, 6) is -0.328. The lowest BCUT2D eigenvalue weighted by atomic mass is 9.77. The first-order chi connectivity index (χ1) is 18.5. The summed E-state index contributed by atoms with van der Waals surface area (Å²) in [6.45, 7) is 4.34. The predicted octanol–water partition coefficient (Wildman–Crippen LogP) is 5.77. The van der Waals surface area contributed by atoms with Gasteiger partial charge < -0.3 is 9.47 Å². The fourth-order valence-corrected chi connectivity index (χ4v) is 7.85. The summed E-state index contributed by atoms with van der Waals surface area (Å²) < 4.78 is 52.0. The van der Waals surface area contributed by atoms with Crippen LogP contribution in [-0.2, 0) is 27.2 Å². The van der Waals surface area contributed by atoms with Gasteiger partial charge in [-0.3, -0.25) is 9.78 Å². The molecule has 0 unspecified atom stereocenters. The van der Waals surface area contributed by atoms with Crippen LogP contribution in [0.2, 0.25) is 19.1 Å². The average molecular weight is 559 g/mol. The summed E-state index contributed by atoms with van der Waals surface area (Å²) >= 11 is 0. The molecular weight excluding hydrogens is 525 g/mol. The zero-order valence-corrected chi connectivity index (χ0v) is 23.4. The quantitative estimate of drug-likeness (QED) is 0.299. The first kappa shape index (κ1) is 27.5. The Morgan fingerprint density at radius 1 is 1.08 bits per heavy atom. The number of ether oxygens (including phenoxy) is 2. The second-order valence-electron chi connectivity index (χ2n) is 11.1. The van der Waals surface area contributed by atoms with Crippen molar-refractivity contribution in [1.29, 1.82) is 0 Å². The lowest BCUT2D eigenvalue weighted by Gasteiger charge is -2.28. The summed E-state index contributed by atoms with van der Waals surface area (Å²) in [6, 6.07) is 12.8. The Balaban J connectivity index is 1.41. The number of methoxy groups -OCH3 is 1. The first-order valence-corrected chi connectivity index (χ1v) is 16.5. The van der Waals surface area contributed by atoms with Crippen molar-refractivity contribution < 1.29 is 27.4 Å². The molecule has 1 aliphatic carbocycles. The highest BCUT2D eigenvalue weighted by Crippen LogP contribution is 2.38. The SMILES string of the molecule is COC(=O)C[C@H]1CC[C@H](c2ccc(-c3ccc4c(n3)[Si](C)(C)CCOCn3nc-4nc3C(F)(F)F)cc2)CC1. The molecule has 7 nitrogen and oxygen atoms in total. The van der Waals surface area contributed by atoms with Crippen LogP contribution in [0.3, 0.4) is 0 Å². The van der Waals surface area contributed by atoms with Gasteiger partial charge >= 0.3 is 12.1 Å². The van der Waals surface area contributed by atoms with Gasteiger partial charge in [-0.2, -0.15) is 13.2 Å². The van der Waals surface area contributed by atoms with Gasteiger partial charge in [-0.05, 0) is 61.3 Å². The number of alkyl halides is 3. The molecule has 0 radical (unpaired) electrons. The van der Waals surface area contributed by atoms with Crippen molar-refractivity contribution in [3.8, 4) is 22.6 Å². The van der Waals surface area contributed by atoms with Crippen molar-refractivity contribution >= 4 is 19.4 Å². The Kier molecular flexibility index (Phi) is 7.65. The van der Waals surface area contributed by atoms with Crippen LogP contribution in [0.25, 0.3) is 22.6 Å². The number of pyridine rings is 1. The van der Waals surface area contributed by atoms with E-state index in [0.29, 0.717) is 30.4 Å². The standard InChI is InChI=1S/C28H33F3N4O3Si/c1-37-24(36)16-18-4-6-19(7-5-18)20-8-10-21(11-9-20)23-13-12-22-25-33-27(28(29,30)31)35(34-25)17-38-14-15-39(2,3)26(22)32-23/h8-13,18-19H,4-7,14-17H2,1-3H3/t18-,19-. The topological polar surface area (TPSA) is 79.1 Å². The number of aromatic nitrogens is 4. The van der Waals surface area contributed by atoms with Gasteiger partial charge in [-0.25, -0.2) is 9.67 Å². The lowest BCUT2D eigenvalue weighted by molar-refractivity contribution is -0.150. The molecule has 39 heavy (non-hydrogen) atoms. The van der Waals surface area contributed by atoms with Gasteiger partial charge in [-0.1, -0.05) is 37.4 Å². The van der Waals surface area contributed by atoms with Crippen LogP contribution in [-0.4, -0.2) is 47.5 Å². The number of rotatable bonds is 4. The van der Waals surface area contributed by atoms with Crippen molar-refractivity contribution in [2.75, 3.05) is 13.7 Å². The molecule has 0 amide bonds. The fourth-order valence-electron chi connectivity index (χ4n) is 5.61. The van der Waals surface area contributed by atoms with Crippen molar-refractivity contribution in [3.63, 3.8) is 0 Å². The van der Waals surface area contributed by atoms with Crippen molar-refractivity contribution in [3.05, 3.63) is 47.8 Å². The third-order valence-electron chi connectivity index (χ3n) is 8.00. The second kappa shape index (κ2) is 10.8. The molecule has 0 atom stereocenters.